The lowest BCUT2D eigenvalue weighted by Gasteiger charge is -2.20. The van der Waals surface area contributed by atoms with E-state index in [0.717, 1.165) is 23.9 Å². The van der Waals surface area contributed by atoms with Crippen molar-refractivity contribution in [2.24, 2.45) is 0 Å². The molecule has 0 aliphatic rings. The van der Waals surface area contributed by atoms with Crippen molar-refractivity contribution in [1.82, 2.24) is 14.9 Å². The molecule has 0 bridgehead atoms. The zero-order chi connectivity index (χ0) is 19.7. The van der Waals surface area contributed by atoms with E-state index in [9.17, 15) is 0 Å². The first-order valence-corrected chi connectivity index (χ1v) is 9.90. The van der Waals surface area contributed by atoms with E-state index in [4.69, 9.17) is 0 Å². The van der Waals surface area contributed by atoms with Crippen molar-refractivity contribution in [3.63, 3.8) is 0 Å². The molecule has 0 saturated heterocycles. The third-order valence-electron chi connectivity index (χ3n) is 5.68. The van der Waals surface area contributed by atoms with Gasteiger partial charge in [-0.25, -0.2) is 0 Å². The highest BCUT2D eigenvalue weighted by Gasteiger charge is 2.08. The Kier molecular flexibility index (Phi) is 5.10. The van der Waals surface area contributed by atoms with E-state index < -0.39 is 0 Å². The average molecular weight is 370 g/mol. The van der Waals surface area contributed by atoms with Crippen LogP contribution in [0, 0.1) is 6.92 Å². The van der Waals surface area contributed by atoms with Crippen LogP contribution in [0.1, 0.15) is 35.2 Å². The molecule has 0 saturated carbocycles. The summed E-state index contributed by atoms with van der Waals surface area (Å²) < 4.78 is 0. The normalized spacial score (nSPS) is 12.8. The van der Waals surface area contributed by atoms with E-state index in [-0.39, 0.29) is 0 Å². The van der Waals surface area contributed by atoms with E-state index >= 15 is 0 Å². The highest BCUT2D eigenvalue weighted by Crippen LogP contribution is 2.24. The van der Waals surface area contributed by atoms with Crippen LogP contribution in [0.25, 0.3) is 21.8 Å². The van der Waals surface area contributed by atoms with E-state index in [1.54, 1.807) is 0 Å². The maximum atomic E-state index is 4.65. The van der Waals surface area contributed by atoms with Gasteiger partial charge in [-0.15, -0.1) is 0 Å². The van der Waals surface area contributed by atoms with Gasteiger partial charge in [-0.05, 0) is 75.2 Å². The van der Waals surface area contributed by atoms with Gasteiger partial charge in [0.2, 0.25) is 0 Å². The topological polar surface area (TPSA) is 29.0 Å². The molecule has 0 spiro atoms. The minimum atomic E-state index is 0.435. The minimum Gasteiger partial charge on any atom is -0.303 e. The molecule has 4 aromatic rings. The largest absolute Gasteiger partial charge is 0.303 e. The van der Waals surface area contributed by atoms with Gasteiger partial charge in [0.05, 0.1) is 17.2 Å². The quantitative estimate of drug-likeness (QED) is 0.435. The number of rotatable bonds is 5. The molecule has 2 heterocycles. The molecule has 3 nitrogen and oxygen atoms in total. The summed E-state index contributed by atoms with van der Waals surface area (Å²) in [6.07, 6.45) is 5.88. The maximum absolute atomic E-state index is 4.65. The van der Waals surface area contributed by atoms with Crippen LogP contribution >= 0.6 is 0 Å². The number of nitrogens with zero attached hydrogens (tertiary/aromatic N) is 3. The Morgan fingerprint density at radius 2 is 1.50 bits per heavy atom. The van der Waals surface area contributed by atoms with Crippen molar-refractivity contribution in [2.45, 2.75) is 32.7 Å². The van der Waals surface area contributed by atoms with Crippen molar-refractivity contribution in [2.75, 3.05) is 14.1 Å². The second kappa shape index (κ2) is 7.69. The molecule has 142 valence electrons. The van der Waals surface area contributed by atoms with Crippen molar-refractivity contribution >= 4 is 21.8 Å². The molecule has 1 atom stereocenters. The van der Waals surface area contributed by atoms with Gasteiger partial charge >= 0.3 is 0 Å². The molecule has 0 aliphatic heterocycles. The number of pyridine rings is 2. The van der Waals surface area contributed by atoms with E-state index in [0.29, 0.717) is 6.04 Å². The Labute approximate surface area is 167 Å². The van der Waals surface area contributed by atoms with Crippen molar-refractivity contribution in [3.05, 3.63) is 83.2 Å². The summed E-state index contributed by atoms with van der Waals surface area (Å²) in [5.41, 5.74) is 7.22. The minimum absolute atomic E-state index is 0.435. The molecular formula is C25H27N3. The summed E-state index contributed by atoms with van der Waals surface area (Å²) in [6, 6.07) is 18.2. The van der Waals surface area contributed by atoms with Crippen LogP contribution in [-0.2, 0) is 12.8 Å². The fraction of sp³-hybridized carbons (Fsp3) is 0.280. The third-order valence-corrected chi connectivity index (χ3v) is 5.68. The van der Waals surface area contributed by atoms with E-state index in [1.165, 1.54) is 33.0 Å². The van der Waals surface area contributed by atoms with Gasteiger partial charge in [-0.3, -0.25) is 9.97 Å². The SMILES string of the molecule is Cc1ccc2c(c1)ncc1ncc(CCc3ccc(C(C)N(C)C)cc3)cc12. The molecule has 0 N–H and O–H groups in total. The number of hydrogen-bond donors (Lipinski definition) is 0. The van der Waals surface area contributed by atoms with Crippen molar-refractivity contribution in [3.8, 4) is 0 Å². The Morgan fingerprint density at radius 3 is 2.25 bits per heavy atom. The summed E-state index contributed by atoms with van der Waals surface area (Å²) in [4.78, 5) is 11.4. The van der Waals surface area contributed by atoms with Crippen LogP contribution in [-0.4, -0.2) is 29.0 Å². The Balaban J connectivity index is 1.56. The molecular weight excluding hydrogens is 342 g/mol. The monoisotopic (exact) mass is 369 g/mol. The fourth-order valence-corrected chi connectivity index (χ4v) is 3.63. The molecule has 0 amide bonds. The van der Waals surface area contributed by atoms with Gasteiger partial charge in [-0.1, -0.05) is 36.4 Å². The lowest BCUT2D eigenvalue weighted by molar-refractivity contribution is 0.321. The summed E-state index contributed by atoms with van der Waals surface area (Å²) >= 11 is 0. The summed E-state index contributed by atoms with van der Waals surface area (Å²) in [7, 11) is 4.23. The van der Waals surface area contributed by atoms with Gasteiger partial charge < -0.3 is 4.90 Å². The van der Waals surface area contributed by atoms with Crippen LogP contribution in [0.15, 0.2) is 60.9 Å². The first-order chi connectivity index (χ1) is 13.5. The Bertz CT molecular complexity index is 1110. The second-order valence-electron chi connectivity index (χ2n) is 7.94. The highest BCUT2D eigenvalue weighted by atomic mass is 15.1. The molecule has 2 aromatic carbocycles. The van der Waals surface area contributed by atoms with Gasteiger partial charge in [-0.2, -0.15) is 0 Å². The van der Waals surface area contributed by atoms with Gasteiger partial charge in [0.1, 0.15) is 0 Å². The van der Waals surface area contributed by atoms with Crippen molar-refractivity contribution in [1.29, 1.82) is 0 Å². The average Bonchev–Trinajstić information content (AvgIpc) is 2.71. The maximum Gasteiger partial charge on any atom is 0.0891 e. The molecule has 0 aliphatic carbocycles. The predicted molar refractivity (Wildman–Crippen MR) is 118 cm³/mol. The first kappa shape index (κ1) is 18.6. The van der Waals surface area contributed by atoms with Crippen molar-refractivity contribution < 1.29 is 0 Å². The zero-order valence-electron chi connectivity index (χ0n) is 17.1. The smallest absolute Gasteiger partial charge is 0.0891 e. The standard InChI is InChI=1S/C25H27N3/c1-17-5-12-22-23-14-20(15-26-25(23)16-27-24(22)13-17)7-6-19-8-10-21(11-9-19)18(2)28(3)4/h5,8-16,18H,6-7H2,1-4H3. The Hall–Kier alpha value is -2.78. The van der Waals surface area contributed by atoms with Crippen LogP contribution < -0.4 is 0 Å². The van der Waals surface area contributed by atoms with Gasteiger partial charge in [0.15, 0.2) is 0 Å². The first-order valence-electron chi connectivity index (χ1n) is 9.90. The van der Waals surface area contributed by atoms with Gasteiger partial charge in [0.25, 0.3) is 0 Å². The molecule has 4 rings (SSSR count). The van der Waals surface area contributed by atoms with Crippen LogP contribution in [0.4, 0.5) is 0 Å². The van der Waals surface area contributed by atoms with Crippen LogP contribution in [0.2, 0.25) is 0 Å². The highest BCUT2D eigenvalue weighted by molar-refractivity contribution is 6.04. The predicted octanol–water partition coefficient (Wildman–Crippen LogP) is 5.50. The fourth-order valence-electron chi connectivity index (χ4n) is 3.63. The summed E-state index contributed by atoms with van der Waals surface area (Å²) in [6.45, 7) is 4.33. The number of aromatic nitrogens is 2. The number of aryl methyl sites for hydroxylation is 3. The molecule has 3 heteroatoms. The molecule has 0 fully saturated rings. The molecule has 1 unspecified atom stereocenters. The molecule has 28 heavy (non-hydrogen) atoms. The van der Waals surface area contributed by atoms with E-state index in [1.807, 2.05) is 12.4 Å². The lowest BCUT2D eigenvalue weighted by atomic mass is 10.0. The number of benzene rings is 2. The lowest BCUT2D eigenvalue weighted by Crippen LogP contribution is -2.16. The number of fused-ring (bicyclic) bond motifs is 3. The molecule has 2 aromatic heterocycles. The zero-order valence-corrected chi connectivity index (χ0v) is 17.1. The Morgan fingerprint density at radius 1 is 0.786 bits per heavy atom. The molecule has 0 radical (unpaired) electrons. The van der Waals surface area contributed by atoms with Gasteiger partial charge in [0, 0.05) is 23.0 Å². The van der Waals surface area contributed by atoms with Crippen LogP contribution in [0.3, 0.4) is 0 Å². The van der Waals surface area contributed by atoms with Crippen LogP contribution in [0.5, 0.6) is 0 Å². The summed E-state index contributed by atoms with van der Waals surface area (Å²) in [5.74, 6) is 0. The third kappa shape index (κ3) is 3.76. The summed E-state index contributed by atoms with van der Waals surface area (Å²) in [5, 5.41) is 2.37. The van der Waals surface area contributed by atoms with E-state index in [2.05, 4.69) is 91.3 Å². The number of hydrogen-bond acceptors (Lipinski definition) is 3. The second-order valence-corrected chi connectivity index (χ2v) is 7.94.